The van der Waals surface area contributed by atoms with Crippen molar-refractivity contribution in [2.24, 2.45) is 0 Å². The van der Waals surface area contributed by atoms with E-state index < -0.39 is 47.7 Å². The van der Waals surface area contributed by atoms with Crippen molar-refractivity contribution in [2.75, 3.05) is 0 Å². The minimum Gasteiger partial charge on any atom is -0.790 e. The van der Waals surface area contributed by atoms with Crippen molar-refractivity contribution in [1.29, 1.82) is 0 Å². The Balaban J connectivity index is 2.71. The average Bonchev–Trinajstić information content (AvgIpc) is 2.50. The molecule has 1 aliphatic heterocycles. The number of carbonyl (C=O) groups excluding carboxylic acids is 1. The van der Waals surface area contributed by atoms with Gasteiger partial charge in [-0.1, -0.05) is 0 Å². The molecule has 0 aromatic heterocycles. The van der Waals surface area contributed by atoms with Crippen molar-refractivity contribution < 1.29 is 61.1 Å². The number of aliphatic hydroxyl groups is 1. The molecule has 0 spiro atoms. The number of aliphatic hydroxyl groups excluding tert-OH is 1. The fourth-order valence-corrected chi connectivity index (χ4v) is 4.32. The molecule has 0 amide bonds. The van der Waals surface area contributed by atoms with E-state index >= 15 is 0 Å². The molecule has 1 rings (SSSR count). The fraction of sp³-hybridized carbons (Fsp3) is 0.833. The first-order chi connectivity index (χ1) is 9.71. The highest BCUT2D eigenvalue weighted by Crippen LogP contribution is 2.60. The lowest BCUT2D eigenvalue weighted by atomic mass is 10.1. The molecule has 2 unspecified atom stereocenters. The number of hydrogen-bond donors (Lipinski definition) is 1. The molecule has 13 nitrogen and oxygen atoms in total. The van der Waals surface area contributed by atoms with E-state index in [1.165, 1.54) is 6.92 Å². The Morgan fingerprint density at radius 2 is 1.68 bits per heavy atom. The minimum atomic E-state index is -6.14. The topological polar surface area (TPSA) is 218 Å². The van der Waals surface area contributed by atoms with E-state index in [-0.39, 0.29) is 6.42 Å². The van der Waals surface area contributed by atoms with Gasteiger partial charge in [0.1, 0.15) is 0 Å². The molecular formula is C6H9O13P3-4. The molecule has 5 atom stereocenters. The molecule has 22 heavy (non-hydrogen) atoms. The van der Waals surface area contributed by atoms with Crippen LogP contribution >= 0.6 is 23.5 Å². The van der Waals surface area contributed by atoms with E-state index in [9.17, 15) is 43.2 Å². The first kappa shape index (κ1) is 19.9. The van der Waals surface area contributed by atoms with E-state index in [2.05, 4.69) is 13.1 Å². The molecule has 1 saturated heterocycles. The third-order valence-electron chi connectivity index (χ3n) is 2.14. The zero-order chi connectivity index (χ0) is 17.3. The number of phosphoric acid groups is 3. The van der Waals surface area contributed by atoms with Gasteiger partial charge < -0.3 is 38.5 Å². The van der Waals surface area contributed by atoms with Gasteiger partial charge in [0.25, 0.3) is 7.82 Å². The van der Waals surface area contributed by atoms with E-state index in [0.717, 1.165) is 0 Å². The molecule has 1 N–H and O–H groups in total. The molecule has 16 heteroatoms. The summed E-state index contributed by atoms with van der Waals surface area (Å²) in [4.78, 5) is 53.6. The van der Waals surface area contributed by atoms with Crippen LogP contribution in [0.5, 0.6) is 0 Å². The van der Waals surface area contributed by atoms with Crippen LogP contribution in [0, 0.1) is 0 Å². The van der Waals surface area contributed by atoms with E-state index in [1.807, 2.05) is 0 Å². The average molecular weight is 382 g/mol. The zero-order valence-electron chi connectivity index (χ0n) is 10.6. The largest absolute Gasteiger partial charge is 0.790 e. The van der Waals surface area contributed by atoms with Crippen LogP contribution in [0.15, 0.2) is 0 Å². The summed E-state index contributed by atoms with van der Waals surface area (Å²) < 4.78 is 46.7. The van der Waals surface area contributed by atoms with Gasteiger partial charge in [-0.15, -0.1) is 0 Å². The predicted molar refractivity (Wildman–Crippen MR) is 56.0 cm³/mol. The van der Waals surface area contributed by atoms with Crippen LogP contribution in [-0.2, 0) is 36.4 Å². The lowest BCUT2D eigenvalue weighted by molar-refractivity contribution is -0.339. The van der Waals surface area contributed by atoms with Gasteiger partial charge in [0.2, 0.25) is 0 Å². The van der Waals surface area contributed by atoms with E-state index in [1.54, 1.807) is 0 Å². The second-order valence-corrected chi connectivity index (χ2v) is 8.26. The number of rotatable bonds is 6. The van der Waals surface area contributed by atoms with Crippen molar-refractivity contribution in [1.82, 2.24) is 0 Å². The van der Waals surface area contributed by atoms with Crippen molar-refractivity contribution in [2.45, 2.75) is 31.7 Å². The van der Waals surface area contributed by atoms with Crippen LogP contribution in [0.4, 0.5) is 0 Å². The molecule has 0 saturated carbocycles. The normalized spacial score (nSPS) is 31.3. The van der Waals surface area contributed by atoms with Gasteiger partial charge in [0, 0.05) is 6.42 Å². The van der Waals surface area contributed by atoms with Gasteiger partial charge in [-0.2, -0.15) is 0 Å². The second-order valence-electron chi connectivity index (χ2n) is 4.09. The van der Waals surface area contributed by atoms with Crippen LogP contribution in [0.1, 0.15) is 13.3 Å². The first-order valence-corrected chi connectivity index (χ1v) is 9.73. The summed E-state index contributed by atoms with van der Waals surface area (Å²) in [5.74, 6) is -1.69. The van der Waals surface area contributed by atoms with E-state index in [4.69, 9.17) is 4.74 Å². The van der Waals surface area contributed by atoms with Gasteiger partial charge in [-0.3, -0.25) is 13.4 Å². The highest BCUT2D eigenvalue weighted by atomic mass is 31.3. The molecule has 0 aromatic rings. The standard InChI is InChI=1S/C6H13O13P3/c1-3-2-4(7)5(16-3)6(8)17-21(12,13)19-22(14,15)18-20(9,10)11/h3-5,7H,2H2,1H3,(H,12,13)(H,14,15)(H2,9,10,11)/p-4/t3-,4+,5-/m0/s1. The number of ether oxygens (including phenoxy) is 1. The van der Waals surface area contributed by atoms with E-state index in [0.29, 0.717) is 0 Å². The maximum Gasteiger partial charge on any atom is 0.343 e. The lowest BCUT2D eigenvalue weighted by Crippen LogP contribution is -2.33. The third-order valence-corrected chi connectivity index (χ3v) is 5.74. The number of hydrogen-bond acceptors (Lipinski definition) is 13. The molecule has 0 aliphatic carbocycles. The summed E-state index contributed by atoms with van der Waals surface area (Å²) in [7, 11) is -18.2. The molecule has 0 aromatic carbocycles. The van der Waals surface area contributed by atoms with Gasteiger partial charge in [-0.05, 0) is 6.92 Å². The predicted octanol–water partition coefficient (Wildman–Crippen LogP) is -3.13. The monoisotopic (exact) mass is 382 g/mol. The summed E-state index contributed by atoms with van der Waals surface area (Å²) in [6.45, 7) is 1.46. The molecule has 0 bridgehead atoms. The highest BCUT2D eigenvalue weighted by Gasteiger charge is 2.40. The van der Waals surface area contributed by atoms with Crippen LogP contribution < -0.4 is 19.6 Å². The van der Waals surface area contributed by atoms with Crippen molar-refractivity contribution in [3.63, 3.8) is 0 Å². The molecule has 130 valence electrons. The minimum absolute atomic E-state index is 0.0114. The Hall–Kier alpha value is -0.160. The Morgan fingerprint density at radius 3 is 2.09 bits per heavy atom. The van der Waals surface area contributed by atoms with Crippen molar-refractivity contribution in [3.8, 4) is 0 Å². The smallest absolute Gasteiger partial charge is 0.343 e. The Morgan fingerprint density at radius 1 is 1.14 bits per heavy atom. The molecule has 1 fully saturated rings. The highest BCUT2D eigenvalue weighted by molar-refractivity contribution is 7.65. The number of phosphoric ester groups is 1. The Labute approximate surface area is 123 Å². The first-order valence-electron chi connectivity index (χ1n) is 5.34. The van der Waals surface area contributed by atoms with Crippen LogP contribution in [-0.4, -0.2) is 29.4 Å². The SMILES string of the molecule is C[C@H]1C[C@@H](O)[C@@H](C(=O)OP(=O)([O-])OP(=O)([O-])OP(=O)([O-])[O-])O1. The molecule has 1 aliphatic rings. The van der Waals surface area contributed by atoms with Crippen molar-refractivity contribution >= 4 is 29.4 Å². The number of carbonyl (C=O) groups is 1. The Kier molecular flexibility index (Phi) is 6.11. The van der Waals surface area contributed by atoms with Gasteiger partial charge in [-0.25, -0.2) is 9.11 Å². The maximum atomic E-state index is 11.4. The third kappa shape index (κ3) is 6.53. The summed E-state index contributed by atoms with van der Waals surface area (Å²) in [6.07, 6.45) is -3.72. The quantitative estimate of drug-likeness (QED) is 0.450. The van der Waals surface area contributed by atoms with Crippen molar-refractivity contribution in [3.05, 3.63) is 0 Å². The van der Waals surface area contributed by atoms with Gasteiger partial charge in [0.15, 0.2) is 6.10 Å². The second kappa shape index (κ2) is 6.76. The summed E-state index contributed by atoms with van der Waals surface area (Å²) in [5, 5.41) is 9.39. The Bertz CT molecular complexity index is 566. The maximum absolute atomic E-state index is 11.4. The zero-order valence-corrected chi connectivity index (χ0v) is 13.3. The molecular weight excluding hydrogens is 373 g/mol. The lowest BCUT2D eigenvalue weighted by Gasteiger charge is -2.37. The summed E-state index contributed by atoms with van der Waals surface area (Å²) in [5.41, 5.74) is 0. The summed E-state index contributed by atoms with van der Waals surface area (Å²) in [6, 6.07) is 0. The van der Waals surface area contributed by atoms with Gasteiger partial charge >= 0.3 is 13.8 Å². The van der Waals surface area contributed by atoms with Crippen LogP contribution in [0.2, 0.25) is 0 Å². The van der Waals surface area contributed by atoms with Crippen LogP contribution in [0.25, 0.3) is 0 Å². The molecule has 0 radical (unpaired) electrons. The molecule has 1 heterocycles. The fourth-order valence-electron chi connectivity index (χ4n) is 1.51. The van der Waals surface area contributed by atoms with Crippen LogP contribution in [0.3, 0.4) is 0 Å². The van der Waals surface area contributed by atoms with Gasteiger partial charge in [0.05, 0.1) is 20.0 Å². The summed E-state index contributed by atoms with van der Waals surface area (Å²) >= 11 is 0.